The molecular weight excluding hydrogens is 320 g/mol. The molecule has 1 aromatic carbocycles. The van der Waals surface area contributed by atoms with Gasteiger partial charge in [0, 0.05) is 22.8 Å². The molecule has 0 bridgehead atoms. The van der Waals surface area contributed by atoms with E-state index >= 15 is 0 Å². The molecule has 0 spiro atoms. The van der Waals surface area contributed by atoms with E-state index < -0.39 is 0 Å². The van der Waals surface area contributed by atoms with E-state index in [2.05, 4.69) is 26.2 Å². The van der Waals surface area contributed by atoms with Crippen molar-refractivity contribution in [1.82, 2.24) is 10.3 Å². The van der Waals surface area contributed by atoms with Crippen molar-refractivity contribution >= 4 is 15.9 Å². The number of pyridine rings is 1. The Morgan fingerprint density at radius 1 is 1.25 bits per heavy atom. The number of ether oxygens (including phenoxy) is 2. The summed E-state index contributed by atoms with van der Waals surface area (Å²) >= 11 is 3.42. The van der Waals surface area contributed by atoms with E-state index in [1.165, 1.54) is 0 Å². The second-order valence-corrected chi connectivity index (χ2v) is 5.05. The van der Waals surface area contributed by atoms with Gasteiger partial charge in [0.1, 0.15) is 0 Å². The number of halogens is 1. The van der Waals surface area contributed by atoms with Crippen LogP contribution >= 0.6 is 15.9 Å². The molecule has 0 saturated carbocycles. The monoisotopic (exact) mass is 336 g/mol. The molecule has 0 unspecified atom stereocenters. The van der Waals surface area contributed by atoms with Crippen LogP contribution in [0.1, 0.15) is 12.5 Å². The number of benzene rings is 1. The molecule has 1 heterocycles. The fourth-order valence-electron chi connectivity index (χ4n) is 1.79. The lowest BCUT2D eigenvalue weighted by molar-refractivity contribution is 0.319. The zero-order chi connectivity index (χ0) is 14.4. The van der Waals surface area contributed by atoms with Gasteiger partial charge in [-0.15, -0.1) is 0 Å². The van der Waals surface area contributed by atoms with Crippen molar-refractivity contribution in [2.75, 3.05) is 13.7 Å². The first-order valence-corrected chi connectivity index (χ1v) is 7.22. The van der Waals surface area contributed by atoms with Crippen LogP contribution in [-0.2, 0) is 6.54 Å². The molecule has 20 heavy (non-hydrogen) atoms. The topological polar surface area (TPSA) is 43.4 Å². The zero-order valence-electron chi connectivity index (χ0n) is 11.5. The summed E-state index contributed by atoms with van der Waals surface area (Å²) < 4.78 is 12.4. The van der Waals surface area contributed by atoms with Crippen LogP contribution in [0.4, 0.5) is 0 Å². The van der Waals surface area contributed by atoms with Crippen molar-refractivity contribution in [2.24, 2.45) is 0 Å². The van der Waals surface area contributed by atoms with Crippen LogP contribution in [0.15, 0.2) is 41.0 Å². The van der Waals surface area contributed by atoms with Crippen LogP contribution < -0.4 is 14.8 Å². The Bertz CT molecular complexity index is 576. The van der Waals surface area contributed by atoms with Crippen LogP contribution in [0.2, 0.25) is 0 Å². The lowest BCUT2D eigenvalue weighted by Crippen LogP contribution is -2.07. The van der Waals surface area contributed by atoms with Crippen LogP contribution in [0.5, 0.6) is 17.4 Å². The maximum absolute atomic E-state index is 5.90. The van der Waals surface area contributed by atoms with Crippen LogP contribution in [0.25, 0.3) is 0 Å². The Labute approximate surface area is 127 Å². The summed E-state index contributed by atoms with van der Waals surface area (Å²) in [5, 5.41) is 3.11. The Balaban J connectivity index is 2.29. The Morgan fingerprint density at radius 2 is 2.00 bits per heavy atom. The van der Waals surface area contributed by atoms with Gasteiger partial charge in [0.2, 0.25) is 5.88 Å². The molecule has 5 heteroatoms. The van der Waals surface area contributed by atoms with Crippen molar-refractivity contribution in [2.45, 2.75) is 13.5 Å². The van der Waals surface area contributed by atoms with Crippen LogP contribution in [0, 0.1) is 0 Å². The molecule has 0 atom stereocenters. The average Bonchev–Trinajstić information content (AvgIpc) is 2.44. The summed E-state index contributed by atoms with van der Waals surface area (Å²) in [7, 11) is 1.89. The molecule has 0 amide bonds. The highest BCUT2D eigenvalue weighted by Gasteiger charge is 2.10. The average molecular weight is 337 g/mol. The lowest BCUT2D eigenvalue weighted by atomic mass is 10.2. The number of rotatable bonds is 6. The maximum atomic E-state index is 5.90. The minimum absolute atomic E-state index is 0.578. The van der Waals surface area contributed by atoms with Crippen LogP contribution in [-0.4, -0.2) is 18.6 Å². The number of hydrogen-bond donors (Lipinski definition) is 1. The first-order valence-electron chi connectivity index (χ1n) is 6.43. The van der Waals surface area contributed by atoms with E-state index in [0.29, 0.717) is 24.8 Å². The fraction of sp³-hybridized carbons (Fsp3) is 0.267. The molecule has 0 fully saturated rings. The molecule has 0 aliphatic carbocycles. The molecular formula is C15H17BrN2O2. The predicted molar refractivity (Wildman–Crippen MR) is 82.4 cm³/mol. The number of aromatic nitrogens is 1. The summed E-state index contributed by atoms with van der Waals surface area (Å²) in [6.07, 6.45) is 1.72. The molecule has 4 nitrogen and oxygen atoms in total. The summed E-state index contributed by atoms with van der Waals surface area (Å²) in [5.74, 6) is 1.96. The first kappa shape index (κ1) is 14.8. The Hall–Kier alpha value is -1.59. The summed E-state index contributed by atoms with van der Waals surface area (Å²) in [6.45, 7) is 3.22. The van der Waals surface area contributed by atoms with Gasteiger partial charge in [0.15, 0.2) is 11.5 Å². The predicted octanol–water partition coefficient (Wildman–Crippen LogP) is 3.75. The third-order valence-corrected chi connectivity index (χ3v) is 3.05. The van der Waals surface area contributed by atoms with Gasteiger partial charge in [0.05, 0.1) is 6.61 Å². The number of nitrogens with zero attached hydrogens (tertiary/aromatic N) is 1. The van der Waals surface area contributed by atoms with E-state index in [0.717, 1.165) is 15.8 Å². The van der Waals surface area contributed by atoms with Gasteiger partial charge in [-0.1, -0.05) is 12.1 Å². The van der Waals surface area contributed by atoms with E-state index in [-0.39, 0.29) is 0 Å². The van der Waals surface area contributed by atoms with Crippen molar-refractivity contribution in [1.29, 1.82) is 0 Å². The molecule has 0 aliphatic heterocycles. The highest BCUT2D eigenvalue weighted by molar-refractivity contribution is 9.10. The second kappa shape index (κ2) is 7.26. The molecule has 0 saturated heterocycles. The second-order valence-electron chi connectivity index (χ2n) is 4.13. The fourth-order valence-corrected chi connectivity index (χ4v) is 2.17. The number of hydrogen-bond acceptors (Lipinski definition) is 4. The molecule has 2 rings (SSSR count). The minimum Gasteiger partial charge on any atom is -0.490 e. The Kier molecular flexibility index (Phi) is 5.38. The lowest BCUT2D eigenvalue weighted by Gasteiger charge is -2.13. The van der Waals surface area contributed by atoms with E-state index in [9.17, 15) is 0 Å². The van der Waals surface area contributed by atoms with Crippen molar-refractivity contribution in [3.8, 4) is 17.4 Å². The summed E-state index contributed by atoms with van der Waals surface area (Å²) in [4.78, 5) is 4.33. The van der Waals surface area contributed by atoms with Crippen LogP contribution in [0.3, 0.4) is 0 Å². The first-order chi connectivity index (χ1) is 9.74. The normalized spacial score (nSPS) is 10.3. The highest BCUT2D eigenvalue weighted by atomic mass is 79.9. The molecule has 2 aromatic rings. The van der Waals surface area contributed by atoms with Gasteiger partial charge >= 0.3 is 0 Å². The van der Waals surface area contributed by atoms with Crippen molar-refractivity contribution in [3.63, 3.8) is 0 Å². The maximum Gasteiger partial charge on any atom is 0.223 e. The van der Waals surface area contributed by atoms with Gasteiger partial charge in [-0.3, -0.25) is 0 Å². The summed E-state index contributed by atoms with van der Waals surface area (Å²) in [6, 6.07) is 9.57. The van der Waals surface area contributed by atoms with Crippen molar-refractivity contribution in [3.05, 3.63) is 46.6 Å². The van der Waals surface area contributed by atoms with Gasteiger partial charge in [0.25, 0.3) is 0 Å². The van der Waals surface area contributed by atoms with E-state index in [1.54, 1.807) is 6.20 Å². The van der Waals surface area contributed by atoms with E-state index in [1.807, 2.05) is 44.3 Å². The van der Waals surface area contributed by atoms with Gasteiger partial charge in [-0.05, 0) is 48.1 Å². The molecule has 106 valence electrons. The standard InChI is InChI=1S/C15H17BrN2O2/c1-3-19-13-6-4-5-7-14(13)20-15-11(9-17-2)8-12(16)10-18-15/h4-8,10,17H,3,9H2,1-2H3. The molecule has 0 radical (unpaired) electrons. The van der Waals surface area contributed by atoms with Gasteiger partial charge in [-0.2, -0.15) is 0 Å². The zero-order valence-corrected chi connectivity index (χ0v) is 13.1. The van der Waals surface area contributed by atoms with E-state index in [4.69, 9.17) is 9.47 Å². The molecule has 1 aromatic heterocycles. The summed E-state index contributed by atoms with van der Waals surface area (Å²) in [5.41, 5.74) is 0.980. The number of para-hydroxylation sites is 2. The van der Waals surface area contributed by atoms with Gasteiger partial charge in [-0.25, -0.2) is 4.98 Å². The molecule has 1 N–H and O–H groups in total. The SMILES string of the molecule is CCOc1ccccc1Oc1ncc(Br)cc1CNC. The smallest absolute Gasteiger partial charge is 0.223 e. The number of nitrogens with one attached hydrogen (secondary N) is 1. The third kappa shape index (κ3) is 3.71. The van der Waals surface area contributed by atoms with Gasteiger partial charge < -0.3 is 14.8 Å². The minimum atomic E-state index is 0.578. The highest BCUT2D eigenvalue weighted by Crippen LogP contribution is 2.32. The quantitative estimate of drug-likeness (QED) is 0.872. The molecule has 0 aliphatic rings. The van der Waals surface area contributed by atoms with Crippen molar-refractivity contribution < 1.29 is 9.47 Å². The largest absolute Gasteiger partial charge is 0.490 e. The Morgan fingerprint density at radius 3 is 2.70 bits per heavy atom. The third-order valence-electron chi connectivity index (χ3n) is 2.61.